The Balaban J connectivity index is 2.66. The minimum absolute atomic E-state index is 0.0693. The zero-order valence-electron chi connectivity index (χ0n) is 11.2. The molecule has 0 spiro atoms. The fourth-order valence-corrected chi connectivity index (χ4v) is 2.67. The average molecular weight is 274 g/mol. The molecule has 1 aromatic heterocycles. The molecule has 0 radical (unpaired) electrons. The number of rotatable bonds is 8. The maximum atomic E-state index is 12.0. The Hall–Kier alpha value is -0.920. The molecule has 0 bridgehead atoms. The Labute approximate surface area is 109 Å². The van der Waals surface area contributed by atoms with Crippen molar-refractivity contribution in [3.63, 3.8) is 0 Å². The molecule has 2 N–H and O–H groups in total. The topological polar surface area (TPSA) is 76.0 Å². The van der Waals surface area contributed by atoms with Crippen LogP contribution in [0.15, 0.2) is 17.3 Å². The molecule has 0 aliphatic rings. The van der Waals surface area contributed by atoms with Gasteiger partial charge >= 0.3 is 0 Å². The second kappa shape index (κ2) is 6.86. The molecule has 0 aromatic carbocycles. The molecule has 0 aliphatic heterocycles. The van der Waals surface area contributed by atoms with Gasteiger partial charge in [-0.1, -0.05) is 13.8 Å². The Morgan fingerprint density at radius 2 is 2.17 bits per heavy atom. The highest BCUT2D eigenvalue weighted by Crippen LogP contribution is 2.08. The fraction of sp³-hybridized carbons (Fsp3) is 0.727. The molecule has 1 unspecified atom stereocenters. The van der Waals surface area contributed by atoms with E-state index in [1.165, 1.54) is 6.20 Å². The molecule has 0 amide bonds. The van der Waals surface area contributed by atoms with Crippen LogP contribution in [0.1, 0.15) is 27.2 Å². The van der Waals surface area contributed by atoms with Crippen molar-refractivity contribution in [2.75, 3.05) is 13.1 Å². The molecule has 7 heteroatoms. The van der Waals surface area contributed by atoms with Gasteiger partial charge in [0.05, 0.1) is 12.7 Å². The van der Waals surface area contributed by atoms with E-state index >= 15 is 0 Å². The summed E-state index contributed by atoms with van der Waals surface area (Å²) >= 11 is 0. The van der Waals surface area contributed by atoms with E-state index in [2.05, 4.69) is 15.1 Å². The summed E-state index contributed by atoms with van der Waals surface area (Å²) in [6.45, 7) is 8.13. The monoisotopic (exact) mass is 274 g/mol. The van der Waals surface area contributed by atoms with E-state index in [0.29, 0.717) is 6.54 Å². The first-order chi connectivity index (χ1) is 8.49. The van der Waals surface area contributed by atoms with Crippen molar-refractivity contribution in [3.8, 4) is 0 Å². The lowest BCUT2D eigenvalue weighted by molar-refractivity contribution is 0.553. The van der Waals surface area contributed by atoms with E-state index in [-0.39, 0.29) is 10.9 Å². The van der Waals surface area contributed by atoms with E-state index in [1.807, 2.05) is 20.8 Å². The van der Waals surface area contributed by atoms with Gasteiger partial charge in [-0.15, -0.1) is 0 Å². The standard InChI is InChI=1S/C11H22N4O2S/c1-4-10(3)14-18(16,17)11-8-13-15(9-11)7-6-12-5-2/h8-10,12,14H,4-7H2,1-3H3. The molecule has 0 saturated heterocycles. The Morgan fingerprint density at radius 1 is 1.44 bits per heavy atom. The molecular formula is C11H22N4O2S. The molecule has 1 rings (SSSR count). The van der Waals surface area contributed by atoms with Crippen molar-refractivity contribution in [1.82, 2.24) is 19.8 Å². The van der Waals surface area contributed by atoms with Gasteiger partial charge in [-0.25, -0.2) is 13.1 Å². The predicted octanol–water partition coefficient (Wildman–Crippen LogP) is 0.569. The van der Waals surface area contributed by atoms with Gasteiger partial charge in [-0.3, -0.25) is 4.68 Å². The molecular weight excluding hydrogens is 252 g/mol. The van der Waals surface area contributed by atoms with Crippen LogP contribution in [0.5, 0.6) is 0 Å². The molecule has 6 nitrogen and oxygen atoms in total. The van der Waals surface area contributed by atoms with Crippen molar-refractivity contribution >= 4 is 10.0 Å². The van der Waals surface area contributed by atoms with Crippen molar-refractivity contribution in [2.45, 2.75) is 44.7 Å². The van der Waals surface area contributed by atoms with E-state index in [0.717, 1.165) is 19.5 Å². The van der Waals surface area contributed by atoms with Gasteiger partial charge in [-0.2, -0.15) is 5.10 Å². The number of hydrogen-bond donors (Lipinski definition) is 2. The fourth-order valence-electron chi connectivity index (χ4n) is 1.39. The number of sulfonamides is 1. The van der Waals surface area contributed by atoms with Crippen LogP contribution in [0.25, 0.3) is 0 Å². The SMILES string of the molecule is CCNCCn1cc(S(=O)(=O)NC(C)CC)cn1. The quantitative estimate of drug-likeness (QED) is 0.680. The van der Waals surface area contributed by atoms with Crippen molar-refractivity contribution in [1.29, 1.82) is 0 Å². The summed E-state index contributed by atoms with van der Waals surface area (Å²) in [7, 11) is -3.44. The highest BCUT2D eigenvalue weighted by molar-refractivity contribution is 7.89. The third-order valence-corrected chi connectivity index (χ3v) is 4.20. The molecule has 1 aromatic rings. The van der Waals surface area contributed by atoms with Gasteiger partial charge in [0.2, 0.25) is 10.0 Å². The summed E-state index contributed by atoms with van der Waals surface area (Å²) in [5.74, 6) is 0. The predicted molar refractivity (Wildman–Crippen MR) is 70.8 cm³/mol. The molecule has 0 saturated carbocycles. The average Bonchev–Trinajstić information content (AvgIpc) is 2.78. The van der Waals surface area contributed by atoms with Crippen LogP contribution in [-0.2, 0) is 16.6 Å². The smallest absolute Gasteiger partial charge is 0.243 e. The van der Waals surface area contributed by atoms with E-state index in [9.17, 15) is 8.42 Å². The number of nitrogens with zero attached hydrogens (tertiary/aromatic N) is 2. The zero-order valence-corrected chi connectivity index (χ0v) is 12.0. The Kier molecular flexibility index (Phi) is 5.77. The van der Waals surface area contributed by atoms with Crippen LogP contribution in [0.2, 0.25) is 0 Å². The summed E-state index contributed by atoms with van der Waals surface area (Å²) in [4.78, 5) is 0.222. The van der Waals surface area contributed by atoms with Crippen LogP contribution in [0.4, 0.5) is 0 Å². The lowest BCUT2D eigenvalue weighted by atomic mass is 10.3. The summed E-state index contributed by atoms with van der Waals surface area (Å²) in [6, 6.07) is -0.0693. The third kappa shape index (κ3) is 4.40. The van der Waals surface area contributed by atoms with Gasteiger partial charge < -0.3 is 5.32 Å². The van der Waals surface area contributed by atoms with Crippen LogP contribution in [0.3, 0.4) is 0 Å². The van der Waals surface area contributed by atoms with Crippen molar-refractivity contribution < 1.29 is 8.42 Å². The highest BCUT2D eigenvalue weighted by Gasteiger charge is 2.18. The van der Waals surface area contributed by atoms with E-state index in [4.69, 9.17) is 0 Å². The summed E-state index contributed by atoms with van der Waals surface area (Å²) in [6.07, 6.45) is 3.70. The van der Waals surface area contributed by atoms with Crippen LogP contribution in [-0.4, -0.2) is 37.3 Å². The molecule has 0 aliphatic carbocycles. The van der Waals surface area contributed by atoms with Crippen molar-refractivity contribution in [3.05, 3.63) is 12.4 Å². The van der Waals surface area contributed by atoms with Gasteiger partial charge in [0.25, 0.3) is 0 Å². The summed E-state index contributed by atoms with van der Waals surface area (Å²) in [5.41, 5.74) is 0. The third-order valence-electron chi connectivity index (χ3n) is 2.66. The number of nitrogens with one attached hydrogen (secondary N) is 2. The maximum absolute atomic E-state index is 12.0. The number of hydrogen-bond acceptors (Lipinski definition) is 4. The summed E-state index contributed by atoms with van der Waals surface area (Å²) in [5, 5.41) is 7.21. The Bertz CT molecular complexity index is 455. The minimum atomic E-state index is -3.44. The first kappa shape index (κ1) is 15.1. The maximum Gasteiger partial charge on any atom is 0.243 e. The van der Waals surface area contributed by atoms with Crippen LogP contribution < -0.4 is 10.0 Å². The number of likely N-dealkylation sites (N-methyl/N-ethyl adjacent to an activating group) is 1. The second-order valence-electron chi connectivity index (χ2n) is 4.22. The number of aromatic nitrogens is 2. The molecule has 1 heterocycles. The molecule has 104 valence electrons. The minimum Gasteiger partial charge on any atom is -0.315 e. The largest absolute Gasteiger partial charge is 0.315 e. The van der Waals surface area contributed by atoms with E-state index < -0.39 is 10.0 Å². The first-order valence-electron chi connectivity index (χ1n) is 6.25. The van der Waals surface area contributed by atoms with Gasteiger partial charge in [-0.05, 0) is 19.9 Å². The summed E-state index contributed by atoms with van der Waals surface area (Å²) < 4.78 is 28.2. The normalized spacial score (nSPS) is 13.7. The van der Waals surface area contributed by atoms with Crippen LogP contribution in [0, 0.1) is 0 Å². The molecule has 0 fully saturated rings. The van der Waals surface area contributed by atoms with Gasteiger partial charge in [0.1, 0.15) is 4.90 Å². The zero-order chi connectivity index (χ0) is 13.6. The molecule has 1 atom stereocenters. The lowest BCUT2D eigenvalue weighted by Crippen LogP contribution is -2.31. The van der Waals surface area contributed by atoms with Crippen molar-refractivity contribution in [2.24, 2.45) is 0 Å². The Morgan fingerprint density at radius 3 is 2.78 bits per heavy atom. The van der Waals surface area contributed by atoms with Gasteiger partial charge in [0, 0.05) is 18.8 Å². The lowest BCUT2D eigenvalue weighted by Gasteiger charge is -2.10. The van der Waals surface area contributed by atoms with Crippen LogP contribution >= 0.6 is 0 Å². The van der Waals surface area contributed by atoms with E-state index in [1.54, 1.807) is 10.9 Å². The molecule has 18 heavy (non-hydrogen) atoms. The second-order valence-corrected chi connectivity index (χ2v) is 5.94. The first-order valence-corrected chi connectivity index (χ1v) is 7.73. The van der Waals surface area contributed by atoms with Gasteiger partial charge in [0.15, 0.2) is 0 Å². The highest BCUT2D eigenvalue weighted by atomic mass is 32.2.